The number of nitrogens with zero attached hydrogens (tertiary/aromatic N) is 3. The fourth-order valence-electron chi connectivity index (χ4n) is 2.45. The number of aromatic nitrogens is 2. The second kappa shape index (κ2) is 6.54. The molecule has 1 aliphatic heterocycles. The van der Waals surface area contributed by atoms with Crippen molar-refractivity contribution in [1.29, 1.82) is 0 Å². The molecule has 5 nitrogen and oxygen atoms in total. The highest BCUT2D eigenvalue weighted by atomic mass is 79.9. The summed E-state index contributed by atoms with van der Waals surface area (Å²) in [5.41, 5.74) is 1.87. The Balaban J connectivity index is 1.95. The molecule has 1 aliphatic rings. The first-order valence-corrected chi connectivity index (χ1v) is 7.61. The highest BCUT2D eigenvalue weighted by Gasteiger charge is 2.20. The molecule has 0 saturated carbocycles. The molecular formula is C14H21BrN4O. The molecule has 2 rings (SSSR count). The predicted molar refractivity (Wildman–Crippen MR) is 85.1 cm³/mol. The van der Waals surface area contributed by atoms with Gasteiger partial charge in [-0.25, -0.2) is 4.68 Å². The van der Waals surface area contributed by atoms with Crippen LogP contribution in [0, 0.1) is 0 Å². The summed E-state index contributed by atoms with van der Waals surface area (Å²) in [7, 11) is 1.65. The van der Waals surface area contributed by atoms with E-state index < -0.39 is 0 Å². The molecule has 0 aromatic carbocycles. The number of hydrogen-bond donors (Lipinski definition) is 1. The standard InChI is InChI=1S/C14H21BrN4O/c1-10(2)9-19-6-4-11(5-7-19)17-12-8-16-18(3)14(20)13(12)15/h8,11,17H,1,4-7,9H2,2-3H3. The van der Waals surface area contributed by atoms with Gasteiger partial charge in [0.1, 0.15) is 4.47 Å². The first-order valence-electron chi connectivity index (χ1n) is 6.82. The number of aryl methyl sites for hydroxylation is 1. The van der Waals surface area contributed by atoms with Crippen molar-refractivity contribution in [3.63, 3.8) is 0 Å². The second-order valence-electron chi connectivity index (χ2n) is 5.45. The quantitative estimate of drug-likeness (QED) is 0.851. The molecule has 0 spiro atoms. The van der Waals surface area contributed by atoms with E-state index in [4.69, 9.17) is 0 Å². The van der Waals surface area contributed by atoms with Crippen LogP contribution in [0.5, 0.6) is 0 Å². The highest BCUT2D eigenvalue weighted by Crippen LogP contribution is 2.21. The SMILES string of the molecule is C=C(C)CN1CCC(Nc2cnn(C)c(=O)c2Br)CC1. The summed E-state index contributed by atoms with van der Waals surface area (Å²) in [4.78, 5) is 14.2. The van der Waals surface area contributed by atoms with Crippen molar-refractivity contribution in [3.8, 4) is 0 Å². The van der Waals surface area contributed by atoms with Crippen LogP contribution in [0.1, 0.15) is 19.8 Å². The van der Waals surface area contributed by atoms with Gasteiger partial charge in [0.25, 0.3) is 5.56 Å². The van der Waals surface area contributed by atoms with E-state index in [1.807, 2.05) is 0 Å². The molecular weight excluding hydrogens is 320 g/mol. The zero-order valence-corrected chi connectivity index (χ0v) is 13.6. The lowest BCUT2D eigenvalue weighted by Crippen LogP contribution is -2.40. The smallest absolute Gasteiger partial charge is 0.282 e. The van der Waals surface area contributed by atoms with E-state index in [1.54, 1.807) is 13.2 Å². The van der Waals surface area contributed by atoms with Crippen molar-refractivity contribution < 1.29 is 0 Å². The topological polar surface area (TPSA) is 50.2 Å². The Morgan fingerprint density at radius 1 is 1.55 bits per heavy atom. The van der Waals surface area contributed by atoms with Gasteiger partial charge in [-0.15, -0.1) is 0 Å². The maximum absolute atomic E-state index is 11.8. The Kier molecular flexibility index (Phi) is 4.99. The third-order valence-electron chi connectivity index (χ3n) is 3.52. The molecule has 1 aromatic heterocycles. The van der Waals surface area contributed by atoms with Gasteiger partial charge in [-0.3, -0.25) is 9.69 Å². The Morgan fingerprint density at radius 2 is 2.20 bits per heavy atom. The highest BCUT2D eigenvalue weighted by molar-refractivity contribution is 9.10. The lowest BCUT2D eigenvalue weighted by atomic mass is 10.0. The lowest BCUT2D eigenvalue weighted by Gasteiger charge is -2.33. The Morgan fingerprint density at radius 3 is 2.80 bits per heavy atom. The minimum atomic E-state index is -0.116. The van der Waals surface area contributed by atoms with Gasteiger partial charge in [0.2, 0.25) is 0 Å². The number of rotatable bonds is 4. The van der Waals surface area contributed by atoms with E-state index >= 15 is 0 Å². The van der Waals surface area contributed by atoms with Crippen LogP contribution < -0.4 is 10.9 Å². The summed E-state index contributed by atoms with van der Waals surface area (Å²) >= 11 is 3.34. The van der Waals surface area contributed by atoms with Crippen LogP contribution >= 0.6 is 15.9 Å². The first kappa shape index (κ1) is 15.3. The number of hydrogen-bond acceptors (Lipinski definition) is 4. The van der Waals surface area contributed by atoms with Gasteiger partial charge in [0.15, 0.2) is 0 Å². The van der Waals surface area contributed by atoms with Crippen LogP contribution in [-0.4, -0.2) is 40.4 Å². The van der Waals surface area contributed by atoms with Crippen molar-refractivity contribution in [2.24, 2.45) is 7.05 Å². The van der Waals surface area contributed by atoms with Crippen molar-refractivity contribution in [2.45, 2.75) is 25.8 Å². The van der Waals surface area contributed by atoms with E-state index in [9.17, 15) is 4.79 Å². The normalized spacial score (nSPS) is 17.1. The Hall–Kier alpha value is -1.14. The molecule has 0 radical (unpaired) electrons. The molecule has 20 heavy (non-hydrogen) atoms. The average Bonchev–Trinajstić information content (AvgIpc) is 2.41. The predicted octanol–water partition coefficient (Wildman–Crippen LogP) is 2.00. The maximum atomic E-state index is 11.8. The van der Waals surface area contributed by atoms with E-state index in [0.29, 0.717) is 10.5 Å². The van der Waals surface area contributed by atoms with Gasteiger partial charge < -0.3 is 5.32 Å². The number of nitrogens with one attached hydrogen (secondary N) is 1. The van der Waals surface area contributed by atoms with Crippen LogP contribution in [0.3, 0.4) is 0 Å². The summed E-state index contributed by atoms with van der Waals surface area (Å²) < 4.78 is 1.88. The number of anilines is 1. The summed E-state index contributed by atoms with van der Waals surface area (Å²) in [5, 5.41) is 7.47. The molecule has 0 unspecified atom stereocenters. The van der Waals surface area contributed by atoms with E-state index in [-0.39, 0.29) is 5.56 Å². The van der Waals surface area contributed by atoms with Gasteiger partial charge in [0, 0.05) is 32.7 Å². The molecule has 6 heteroatoms. The molecule has 1 N–H and O–H groups in total. The monoisotopic (exact) mass is 340 g/mol. The maximum Gasteiger partial charge on any atom is 0.282 e. The van der Waals surface area contributed by atoms with Crippen LogP contribution in [0.15, 0.2) is 27.6 Å². The number of piperidine rings is 1. The molecule has 1 saturated heterocycles. The van der Waals surface area contributed by atoms with Gasteiger partial charge in [-0.2, -0.15) is 5.10 Å². The zero-order chi connectivity index (χ0) is 14.7. The molecule has 110 valence electrons. The summed E-state index contributed by atoms with van der Waals surface area (Å²) in [6, 6.07) is 0.390. The van der Waals surface area contributed by atoms with Gasteiger partial charge in [-0.1, -0.05) is 12.2 Å². The van der Waals surface area contributed by atoms with E-state index in [2.05, 4.69) is 44.7 Å². The van der Waals surface area contributed by atoms with Crippen LogP contribution in [0.2, 0.25) is 0 Å². The Bertz CT molecular complexity index is 547. The fourth-order valence-corrected chi connectivity index (χ4v) is 2.92. The van der Waals surface area contributed by atoms with Gasteiger partial charge >= 0.3 is 0 Å². The van der Waals surface area contributed by atoms with Gasteiger partial charge in [0.05, 0.1) is 11.9 Å². The zero-order valence-electron chi connectivity index (χ0n) is 12.0. The third-order valence-corrected chi connectivity index (χ3v) is 4.29. The van der Waals surface area contributed by atoms with Crippen LogP contribution in [0.25, 0.3) is 0 Å². The number of halogens is 1. The number of likely N-dealkylation sites (tertiary alicyclic amines) is 1. The molecule has 1 fully saturated rings. The fraction of sp³-hybridized carbons (Fsp3) is 0.571. The molecule has 1 aromatic rings. The van der Waals surface area contributed by atoms with Crippen molar-refractivity contribution in [1.82, 2.24) is 14.7 Å². The Labute approximate surface area is 127 Å². The molecule has 2 heterocycles. The van der Waals surface area contributed by atoms with Crippen molar-refractivity contribution in [3.05, 3.63) is 33.2 Å². The largest absolute Gasteiger partial charge is 0.380 e. The van der Waals surface area contributed by atoms with E-state index in [0.717, 1.165) is 38.2 Å². The first-order chi connectivity index (χ1) is 9.47. The molecule has 0 amide bonds. The lowest BCUT2D eigenvalue weighted by molar-refractivity contribution is 0.235. The summed E-state index contributed by atoms with van der Waals surface area (Å²) in [6.45, 7) is 9.11. The summed E-state index contributed by atoms with van der Waals surface area (Å²) in [6.07, 6.45) is 3.83. The molecule has 0 bridgehead atoms. The molecule has 0 aliphatic carbocycles. The second-order valence-corrected chi connectivity index (χ2v) is 6.25. The van der Waals surface area contributed by atoms with Crippen LogP contribution in [-0.2, 0) is 7.05 Å². The third kappa shape index (κ3) is 3.70. The summed E-state index contributed by atoms with van der Waals surface area (Å²) in [5.74, 6) is 0. The minimum absolute atomic E-state index is 0.116. The van der Waals surface area contributed by atoms with Crippen LogP contribution in [0.4, 0.5) is 5.69 Å². The van der Waals surface area contributed by atoms with E-state index in [1.165, 1.54) is 10.3 Å². The van der Waals surface area contributed by atoms with Crippen molar-refractivity contribution in [2.75, 3.05) is 25.0 Å². The van der Waals surface area contributed by atoms with Crippen molar-refractivity contribution >= 4 is 21.6 Å². The minimum Gasteiger partial charge on any atom is -0.380 e. The molecule has 0 atom stereocenters. The van der Waals surface area contributed by atoms with Gasteiger partial charge in [-0.05, 0) is 35.7 Å². The average molecular weight is 341 g/mol.